The van der Waals surface area contributed by atoms with Crippen molar-refractivity contribution in [2.45, 2.75) is 11.4 Å². The van der Waals surface area contributed by atoms with E-state index < -0.39 is 34.8 Å². The Morgan fingerprint density at radius 1 is 1.35 bits per heavy atom. The number of aliphatic carboxylic acids is 1. The van der Waals surface area contributed by atoms with E-state index in [9.17, 15) is 18.0 Å². The van der Waals surface area contributed by atoms with Crippen LogP contribution in [0.25, 0.3) is 0 Å². The minimum Gasteiger partial charge on any atom is -0.480 e. The molecule has 0 bridgehead atoms. The molecule has 2 N–H and O–H groups in total. The fourth-order valence-electron chi connectivity index (χ4n) is 1.53. The van der Waals surface area contributed by atoms with Gasteiger partial charge >= 0.3 is 5.97 Å². The van der Waals surface area contributed by atoms with Crippen molar-refractivity contribution in [1.29, 1.82) is 0 Å². The minimum atomic E-state index is -1.52. The smallest absolute Gasteiger partial charge is 0.321 e. The van der Waals surface area contributed by atoms with Crippen LogP contribution < -0.4 is 5.32 Å². The molecule has 1 fully saturated rings. The fourth-order valence-corrected chi connectivity index (χ4v) is 2.75. The topological polar surface area (TPSA) is 49.3 Å². The Labute approximate surface area is 99.0 Å². The van der Waals surface area contributed by atoms with Gasteiger partial charge in [0.1, 0.15) is 6.04 Å². The van der Waals surface area contributed by atoms with Crippen LogP contribution in [0.15, 0.2) is 12.1 Å². The average molecular weight is 263 g/mol. The summed E-state index contributed by atoms with van der Waals surface area (Å²) >= 11 is 1.21. The highest BCUT2D eigenvalue weighted by atomic mass is 32.2. The highest BCUT2D eigenvalue weighted by molar-refractivity contribution is 7.99. The van der Waals surface area contributed by atoms with Crippen LogP contribution in [0.5, 0.6) is 0 Å². The van der Waals surface area contributed by atoms with Gasteiger partial charge in [0.2, 0.25) is 0 Å². The molecule has 92 valence electrons. The van der Waals surface area contributed by atoms with Crippen molar-refractivity contribution >= 4 is 17.7 Å². The molecule has 3 nitrogen and oxygen atoms in total. The van der Waals surface area contributed by atoms with Gasteiger partial charge in [0.05, 0.1) is 5.37 Å². The van der Waals surface area contributed by atoms with Crippen LogP contribution in [0.4, 0.5) is 13.2 Å². The average Bonchev–Trinajstić information content (AvgIpc) is 2.74. The van der Waals surface area contributed by atoms with Gasteiger partial charge in [-0.05, 0) is 17.7 Å². The number of benzene rings is 1. The van der Waals surface area contributed by atoms with Crippen LogP contribution in [-0.4, -0.2) is 22.9 Å². The van der Waals surface area contributed by atoms with E-state index in [0.29, 0.717) is 5.75 Å². The first-order chi connectivity index (χ1) is 7.99. The van der Waals surface area contributed by atoms with Gasteiger partial charge in [-0.15, -0.1) is 11.8 Å². The molecule has 0 aliphatic carbocycles. The molecular weight excluding hydrogens is 255 g/mol. The lowest BCUT2D eigenvalue weighted by Gasteiger charge is -2.11. The van der Waals surface area contributed by atoms with Gasteiger partial charge < -0.3 is 5.11 Å². The number of nitrogens with one attached hydrogen (secondary N) is 1. The third-order valence-electron chi connectivity index (χ3n) is 2.39. The van der Waals surface area contributed by atoms with E-state index >= 15 is 0 Å². The van der Waals surface area contributed by atoms with Gasteiger partial charge in [-0.2, -0.15) is 0 Å². The standard InChI is InChI=1S/C10H8F3NO2S/c11-5-1-4(2-6(12)8(5)13)9-14-7(3-17-9)10(15)16/h1-2,7,9,14H,3H2,(H,15,16)/t7-,9?/m0/s1. The molecule has 17 heavy (non-hydrogen) atoms. The van der Waals surface area contributed by atoms with Crippen LogP contribution in [-0.2, 0) is 4.79 Å². The number of hydrogen-bond acceptors (Lipinski definition) is 3. The van der Waals surface area contributed by atoms with Crippen LogP contribution >= 0.6 is 11.8 Å². The lowest BCUT2D eigenvalue weighted by molar-refractivity contribution is -0.138. The summed E-state index contributed by atoms with van der Waals surface area (Å²) in [7, 11) is 0. The summed E-state index contributed by atoms with van der Waals surface area (Å²) in [6.07, 6.45) is 0. The molecule has 2 rings (SSSR count). The zero-order valence-electron chi connectivity index (χ0n) is 8.41. The predicted molar refractivity (Wildman–Crippen MR) is 56.1 cm³/mol. The van der Waals surface area contributed by atoms with E-state index in [1.165, 1.54) is 11.8 Å². The van der Waals surface area contributed by atoms with Crippen molar-refractivity contribution in [3.63, 3.8) is 0 Å². The fraction of sp³-hybridized carbons (Fsp3) is 0.300. The van der Waals surface area contributed by atoms with Crippen LogP contribution in [0.3, 0.4) is 0 Å². The molecule has 0 aromatic heterocycles. The van der Waals surface area contributed by atoms with E-state index in [4.69, 9.17) is 5.11 Å². The predicted octanol–water partition coefficient (Wildman–Crippen LogP) is 1.89. The summed E-state index contributed by atoms with van der Waals surface area (Å²) in [4.78, 5) is 10.7. The number of carboxylic acids is 1. The minimum absolute atomic E-state index is 0.190. The van der Waals surface area contributed by atoms with Crippen LogP contribution in [0, 0.1) is 17.5 Å². The number of halogens is 3. The van der Waals surface area contributed by atoms with E-state index in [-0.39, 0.29) is 5.56 Å². The van der Waals surface area contributed by atoms with Crippen molar-refractivity contribution in [2.75, 3.05) is 5.75 Å². The van der Waals surface area contributed by atoms with E-state index in [2.05, 4.69) is 5.32 Å². The largest absolute Gasteiger partial charge is 0.480 e. The molecule has 7 heteroatoms. The molecule has 1 heterocycles. The molecule has 1 aromatic rings. The Morgan fingerprint density at radius 3 is 2.41 bits per heavy atom. The van der Waals surface area contributed by atoms with Gasteiger partial charge in [0, 0.05) is 5.75 Å². The normalized spacial score (nSPS) is 23.9. The van der Waals surface area contributed by atoms with Crippen molar-refractivity contribution < 1.29 is 23.1 Å². The Bertz CT molecular complexity index is 446. The number of carboxylic acid groups (broad SMARTS) is 1. The maximum Gasteiger partial charge on any atom is 0.321 e. The number of hydrogen-bond donors (Lipinski definition) is 2. The van der Waals surface area contributed by atoms with Gasteiger partial charge in [-0.3, -0.25) is 10.1 Å². The van der Waals surface area contributed by atoms with E-state index in [1.807, 2.05) is 0 Å². The molecule has 0 radical (unpaired) electrons. The lowest BCUT2D eigenvalue weighted by atomic mass is 10.2. The Balaban J connectivity index is 2.22. The second-order valence-electron chi connectivity index (χ2n) is 3.57. The SMILES string of the molecule is O=C(O)[C@@H]1CSC(c2cc(F)c(F)c(F)c2)N1. The second-order valence-corrected chi connectivity index (χ2v) is 4.71. The summed E-state index contributed by atoms with van der Waals surface area (Å²) in [6.45, 7) is 0. The maximum absolute atomic E-state index is 13.0. The van der Waals surface area contributed by atoms with Crippen molar-refractivity contribution in [3.8, 4) is 0 Å². The van der Waals surface area contributed by atoms with Gasteiger partial charge in [0.25, 0.3) is 0 Å². The highest BCUT2D eigenvalue weighted by Crippen LogP contribution is 2.33. The molecular formula is C10H8F3NO2S. The summed E-state index contributed by atoms with van der Waals surface area (Å²) < 4.78 is 38.7. The zero-order chi connectivity index (χ0) is 12.6. The third kappa shape index (κ3) is 2.39. The first-order valence-electron chi connectivity index (χ1n) is 4.74. The molecule has 0 spiro atoms. The first kappa shape index (κ1) is 12.3. The molecule has 0 saturated carbocycles. The van der Waals surface area contributed by atoms with Crippen molar-refractivity contribution in [2.24, 2.45) is 0 Å². The van der Waals surface area contributed by atoms with Crippen molar-refractivity contribution in [3.05, 3.63) is 35.1 Å². The molecule has 1 aromatic carbocycles. The van der Waals surface area contributed by atoms with Crippen LogP contribution in [0.1, 0.15) is 10.9 Å². The molecule has 1 aliphatic heterocycles. The Kier molecular flexibility index (Phi) is 3.30. The molecule has 1 unspecified atom stereocenters. The molecule has 1 saturated heterocycles. The maximum atomic E-state index is 13.0. The number of thioether (sulfide) groups is 1. The summed E-state index contributed by atoms with van der Waals surface area (Å²) in [5, 5.41) is 10.9. The monoisotopic (exact) mass is 263 g/mol. The second kappa shape index (κ2) is 4.58. The summed E-state index contributed by atoms with van der Waals surface area (Å²) in [5.41, 5.74) is 0.190. The van der Waals surface area contributed by atoms with E-state index in [1.54, 1.807) is 0 Å². The summed E-state index contributed by atoms with van der Waals surface area (Å²) in [5.74, 6) is -4.81. The zero-order valence-corrected chi connectivity index (χ0v) is 9.23. The van der Waals surface area contributed by atoms with Gasteiger partial charge in [0.15, 0.2) is 17.5 Å². The number of carbonyl (C=O) groups is 1. The Hall–Kier alpha value is -1.21. The molecule has 1 aliphatic rings. The lowest BCUT2D eigenvalue weighted by Crippen LogP contribution is -2.33. The highest BCUT2D eigenvalue weighted by Gasteiger charge is 2.31. The quantitative estimate of drug-likeness (QED) is 0.800. The van der Waals surface area contributed by atoms with Gasteiger partial charge in [-0.1, -0.05) is 0 Å². The molecule has 0 amide bonds. The number of rotatable bonds is 2. The van der Waals surface area contributed by atoms with Crippen LogP contribution in [0.2, 0.25) is 0 Å². The third-order valence-corrected chi connectivity index (χ3v) is 3.66. The van der Waals surface area contributed by atoms with Crippen molar-refractivity contribution in [1.82, 2.24) is 5.32 Å². The van der Waals surface area contributed by atoms with Gasteiger partial charge in [-0.25, -0.2) is 13.2 Å². The van der Waals surface area contributed by atoms with E-state index in [0.717, 1.165) is 12.1 Å². The Morgan fingerprint density at radius 2 is 1.94 bits per heavy atom. The summed E-state index contributed by atoms with van der Waals surface area (Å²) in [6, 6.07) is 0.974. The molecule has 2 atom stereocenters. The first-order valence-corrected chi connectivity index (χ1v) is 5.79.